The lowest BCUT2D eigenvalue weighted by atomic mass is 10.1. The maximum absolute atomic E-state index is 12.2. The van der Waals surface area contributed by atoms with Gasteiger partial charge >= 0.3 is 12.1 Å². The summed E-state index contributed by atoms with van der Waals surface area (Å²) in [6.07, 6.45) is 7.12. The number of hydrogen-bond acceptors (Lipinski definition) is 6. The van der Waals surface area contributed by atoms with E-state index in [9.17, 15) is 14.7 Å². The van der Waals surface area contributed by atoms with E-state index in [0.717, 1.165) is 75.1 Å². The second-order valence-electron chi connectivity index (χ2n) is 9.59. The standard InChI is InChI=1S/C27H35ClN4O4/c28-21-7-3-5-19(17-21)18-36-27(35)31-24(26(33)34)13-16-32(23-11-12-23)15-2-1-8-22-10-9-20-6-4-14-29-25(20)30-22/h3,5,7,9-10,17,23-24H,1-2,4,6,8,11-16,18H2,(H,29,30)(H,31,35)(H,33,34)/t24-/m0/s1. The molecule has 0 radical (unpaired) electrons. The van der Waals surface area contributed by atoms with Gasteiger partial charge < -0.3 is 25.4 Å². The van der Waals surface area contributed by atoms with Crippen LogP contribution in [0.1, 0.15) is 55.3 Å². The van der Waals surface area contributed by atoms with Crippen LogP contribution in [0.2, 0.25) is 5.02 Å². The van der Waals surface area contributed by atoms with Gasteiger partial charge in [-0.05, 0) is 87.2 Å². The molecule has 1 amide bonds. The number of anilines is 1. The van der Waals surface area contributed by atoms with Crippen LogP contribution in [0.25, 0.3) is 0 Å². The molecule has 0 bridgehead atoms. The summed E-state index contributed by atoms with van der Waals surface area (Å²) in [4.78, 5) is 31.1. The summed E-state index contributed by atoms with van der Waals surface area (Å²) in [5.74, 6) is -0.0193. The zero-order valence-corrected chi connectivity index (χ0v) is 21.3. The van der Waals surface area contributed by atoms with Gasteiger partial charge in [0.15, 0.2) is 0 Å². The number of nitrogens with one attached hydrogen (secondary N) is 2. The molecule has 1 aromatic heterocycles. The van der Waals surface area contributed by atoms with Gasteiger partial charge in [-0.2, -0.15) is 0 Å². The number of carbonyl (C=O) groups excluding carboxylic acids is 1. The van der Waals surface area contributed by atoms with Crippen LogP contribution in [0, 0.1) is 0 Å². The zero-order chi connectivity index (χ0) is 25.3. The number of carboxylic acids is 1. The highest BCUT2D eigenvalue weighted by Crippen LogP contribution is 2.27. The molecule has 1 atom stereocenters. The van der Waals surface area contributed by atoms with Crippen molar-refractivity contribution in [1.29, 1.82) is 0 Å². The first-order valence-corrected chi connectivity index (χ1v) is 13.2. The summed E-state index contributed by atoms with van der Waals surface area (Å²) in [7, 11) is 0. The summed E-state index contributed by atoms with van der Waals surface area (Å²) in [6, 6.07) is 10.9. The Morgan fingerprint density at radius 3 is 2.86 bits per heavy atom. The van der Waals surface area contributed by atoms with Gasteiger partial charge in [0.05, 0.1) is 0 Å². The third-order valence-electron chi connectivity index (χ3n) is 6.70. The molecule has 2 aromatic rings. The van der Waals surface area contributed by atoms with Gasteiger partial charge in [-0.15, -0.1) is 0 Å². The molecular weight excluding hydrogens is 480 g/mol. The molecule has 1 fully saturated rings. The topological polar surface area (TPSA) is 104 Å². The predicted octanol–water partition coefficient (Wildman–Crippen LogP) is 4.65. The lowest BCUT2D eigenvalue weighted by Crippen LogP contribution is -2.43. The number of rotatable bonds is 13. The fraction of sp³-hybridized carbons (Fsp3) is 0.519. The van der Waals surface area contributed by atoms with Crippen LogP contribution in [-0.2, 0) is 29.0 Å². The second-order valence-corrected chi connectivity index (χ2v) is 10.0. The first-order chi connectivity index (χ1) is 17.5. The van der Waals surface area contributed by atoms with E-state index in [2.05, 4.69) is 27.7 Å². The highest BCUT2D eigenvalue weighted by molar-refractivity contribution is 6.30. The molecule has 1 aromatic carbocycles. The zero-order valence-electron chi connectivity index (χ0n) is 20.5. The van der Waals surface area contributed by atoms with Crippen molar-refractivity contribution >= 4 is 29.5 Å². The van der Waals surface area contributed by atoms with Crippen molar-refractivity contribution in [3.8, 4) is 0 Å². The van der Waals surface area contributed by atoms with Gasteiger partial charge in [-0.25, -0.2) is 14.6 Å². The number of ether oxygens (including phenoxy) is 1. The van der Waals surface area contributed by atoms with Gasteiger partial charge in [-0.1, -0.05) is 29.8 Å². The number of halogens is 1. The highest BCUT2D eigenvalue weighted by atomic mass is 35.5. The fourth-order valence-electron chi connectivity index (χ4n) is 4.56. The number of amides is 1. The van der Waals surface area contributed by atoms with Gasteiger partial charge in [0.2, 0.25) is 0 Å². The van der Waals surface area contributed by atoms with E-state index in [1.807, 2.05) is 0 Å². The van der Waals surface area contributed by atoms with Crippen molar-refractivity contribution in [3.05, 3.63) is 58.2 Å². The van der Waals surface area contributed by atoms with Gasteiger partial charge in [0.1, 0.15) is 18.5 Å². The maximum Gasteiger partial charge on any atom is 0.408 e. The number of carboxylic acid groups (broad SMARTS) is 1. The van der Waals surface area contributed by atoms with E-state index in [0.29, 0.717) is 24.0 Å². The normalized spacial score (nSPS) is 15.6. The van der Waals surface area contributed by atoms with Gasteiger partial charge in [0.25, 0.3) is 0 Å². The van der Waals surface area contributed by atoms with Crippen molar-refractivity contribution < 1.29 is 19.4 Å². The molecule has 36 heavy (non-hydrogen) atoms. The number of pyridine rings is 1. The average molecular weight is 515 g/mol. The average Bonchev–Trinajstić information content (AvgIpc) is 3.71. The minimum absolute atomic E-state index is 0.0298. The van der Waals surface area contributed by atoms with E-state index in [1.165, 1.54) is 5.56 Å². The van der Waals surface area contributed by atoms with Crippen molar-refractivity contribution in [3.63, 3.8) is 0 Å². The number of alkyl carbamates (subject to hydrolysis) is 1. The van der Waals surface area contributed by atoms with E-state index < -0.39 is 18.1 Å². The van der Waals surface area contributed by atoms with E-state index >= 15 is 0 Å². The summed E-state index contributed by atoms with van der Waals surface area (Å²) in [6.45, 7) is 2.56. The molecule has 1 aliphatic carbocycles. The monoisotopic (exact) mass is 514 g/mol. The number of carbonyl (C=O) groups is 2. The molecule has 2 heterocycles. The van der Waals surface area contributed by atoms with Crippen LogP contribution in [-0.4, -0.2) is 58.8 Å². The van der Waals surface area contributed by atoms with E-state index in [-0.39, 0.29) is 6.61 Å². The molecule has 1 saturated carbocycles. The molecule has 2 aliphatic rings. The molecule has 9 heteroatoms. The second kappa shape index (κ2) is 12.9. The molecule has 8 nitrogen and oxygen atoms in total. The Morgan fingerprint density at radius 2 is 2.08 bits per heavy atom. The highest BCUT2D eigenvalue weighted by Gasteiger charge is 2.30. The minimum atomic E-state index is -1.06. The molecule has 1 aliphatic heterocycles. The smallest absolute Gasteiger partial charge is 0.408 e. The van der Waals surface area contributed by atoms with Crippen molar-refractivity contribution in [2.75, 3.05) is 25.0 Å². The quantitative estimate of drug-likeness (QED) is 0.334. The Labute approximate surface area is 217 Å². The van der Waals surface area contributed by atoms with Crippen LogP contribution in [0.5, 0.6) is 0 Å². The van der Waals surface area contributed by atoms with E-state index in [4.69, 9.17) is 21.3 Å². The Morgan fingerprint density at radius 1 is 1.22 bits per heavy atom. The SMILES string of the molecule is O=C(N[C@@H](CCN(CCCCc1ccc2c(n1)NCCC2)C1CC1)C(=O)O)OCc1cccc(Cl)c1. The van der Waals surface area contributed by atoms with Crippen LogP contribution in [0.15, 0.2) is 36.4 Å². The number of benzene rings is 1. The number of aryl methyl sites for hydroxylation is 2. The van der Waals surface area contributed by atoms with E-state index in [1.54, 1.807) is 24.3 Å². The maximum atomic E-state index is 12.2. The molecule has 0 spiro atoms. The number of fused-ring (bicyclic) bond motifs is 1. The molecule has 194 valence electrons. The molecule has 4 rings (SSSR count). The number of nitrogens with zero attached hydrogens (tertiary/aromatic N) is 2. The molecule has 0 saturated heterocycles. The van der Waals surface area contributed by atoms with Crippen molar-refractivity contribution in [2.45, 2.75) is 70.1 Å². The summed E-state index contributed by atoms with van der Waals surface area (Å²) >= 11 is 5.95. The summed E-state index contributed by atoms with van der Waals surface area (Å²) in [5, 5.41) is 16.1. The van der Waals surface area contributed by atoms with Crippen molar-refractivity contribution in [2.24, 2.45) is 0 Å². The van der Waals surface area contributed by atoms with Crippen LogP contribution >= 0.6 is 11.6 Å². The van der Waals surface area contributed by atoms with Crippen LogP contribution in [0.4, 0.5) is 10.6 Å². The third kappa shape index (κ3) is 8.10. The number of aliphatic carboxylic acids is 1. The van der Waals surface area contributed by atoms with Crippen LogP contribution in [0.3, 0.4) is 0 Å². The first-order valence-electron chi connectivity index (χ1n) is 12.8. The number of unbranched alkanes of at least 4 members (excludes halogenated alkanes) is 1. The molecule has 0 unspecified atom stereocenters. The fourth-order valence-corrected chi connectivity index (χ4v) is 4.77. The Bertz CT molecular complexity index is 1050. The molecule has 3 N–H and O–H groups in total. The lowest BCUT2D eigenvalue weighted by Gasteiger charge is -2.24. The van der Waals surface area contributed by atoms with Crippen LogP contribution < -0.4 is 10.6 Å². The lowest BCUT2D eigenvalue weighted by molar-refractivity contribution is -0.139. The summed E-state index contributed by atoms with van der Waals surface area (Å²) in [5.41, 5.74) is 3.17. The Kier molecular flexibility index (Phi) is 9.41. The third-order valence-corrected chi connectivity index (χ3v) is 6.93. The van der Waals surface area contributed by atoms with Gasteiger partial charge in [0, 0.05) is 29.8 Å². The van der Waals surface area contributed by atoms with Gasteiger partial charge in [-0.3, -0.25) is 0 Å². The largest absolute Gasteiger partial charge is 0.480 e. The Balaban J connectivity index is 1.19. The number of hydrogen-bond donors (Lipinski definition) is 3. The summed E-state index contributed by atoms with van der Waals surface area (Å²) < 4.78 is 5.19. The number of aromatic nitrogens is 1. The van der Waals surface area contributed by atoms with Crippen molar-refractivity contribution in [1.82, 2.24) is 15.2 Å². The predicted molar refractivity (Wildman–Crippen MR) is 139 cm³/mol. The molecular formula is C27H35ClN4O4. The first kappa shape index (κ1) is 26.2. The Hall–Kier alpha value is -2.84. The minimum Gasteiger partial charge on any atom is -0.480 e.